The van der Waals surface area contributed by atoms with Crippen LogP contribution in [0.25, 0.3) is 0 Å². The Morgan fingerprint density at radius 1 is 1.29 bits per heavy atom. The lowest BCUT2D eigenvalue weighted by Crippen LogP contribution is -2.41. The molecule has 0 radical (unpaired) electrons. The van der Waals surface area contributed by atoms with Crippen LogP contribution in [0.2, 0.25) is 0 Å². The molecule has 1 N–H and O–H groups in total. The molecule has 0 spiro atoms. The minimum Gasteiger partial charge on any atom is -0.433 e. The smallest absolute Gasteiger partial charge is 0.192 e. The standard InChI is InChI=1S/C16H29IN2O2/c1-18-14-8-11-19(12-9-14)10-2-3-13-20-15-4-6-16(21-17)7-5-15/h6,14-15,18H,2-5,7-13H2,1H3. The Hall–Kier alpha value is 0.150. The summed E-state index contributed by atoms with van der Waals surface area (Å²) in [6, 6.07) is 0.736. The first-order valence-corrected chi connectivity index (χ1v) is 9.18. The number of ether oxygens (including phenoxy) is 1. The minimum absolute atomic E-state index is 0.409. The van der Waals surface area contributed by atoms with Gasteiger partial charge in [-0.2, -0.15) is 0 Å². The van der Waals surface area contributed by atoms with Crippen LogP contribution in [-0.4, -0.2) is 50.3 Å². The van der Waals surface area contributed by atoms with Gasteiger partial charge in [0.15, 0.2) is 23.0 Å². The number of likely N-dealkylation sites (tertiary alicyclic amines) is 1. The number of piperidine rings is 1. The second-order valence-electron chi connectivity index (χ2n) is 6.13. The summed E-state index contributed by atoms with van der Waals surface area (Å²) in [7, 11) is 2.08. The Bertz CT molecular complexity index is 317. The number of allylic oxidation sites excluding steroid dienone is 1. The average molecular weight is 408 g/mol. The molecule has 0 aromatic carbocycles. The van der Waals surface area contributed by atoms with Crippen LogP contribution in [0.5, 0.6) is 0 Å². The van der Waals surface area contributed by atoms with Crippen molar-refractivity contribution >= 4 is 23.0 Å². The van der Waals surface area contributed by atoms with E-state index in [9.17, 15) is 0 Å². The van der Waals surface area contributed by atoms with E-state index in [1.165, 1.54) is 45.3 Å². The summed E-state index contributed by atoms with van der Waals surface area (Å²) >= 11 is 1.96. The summed E-state index contributed by atoms with van der Waals surface area (Å²) in [5.74, 6) is 1.11. The highest BCUT2D eigenvalue weighted by molar-refractivity contribution is 14.1. The van der Waals surface area contributed by atoms with E-state index in [-0.39, 0.29) is 0 Å². The number of rotatable bonds is 8. The van der Waals surface area contributed by atoms with Gasteiger partial charge in [0.05, 0.1) is 6.10 Å². The summed E-state index contributed by atoms with van der Waals surface area (Å²) in [6.07, 6.45) is 10.7. The van der Waals surface area contributed by atoms with Crippen molar-refractivity contribution in [2.75, 3.05) is 33.3 Å². The van der Waals surface area contributed by atoms with Gasteiger partial charge in [-0.15, -0.1) is 0 Å². The normalized spacial score (nSPS) is 24.9. The van der Waals surface area contributed by atoms with Gasteiger partial charge in [0, 0.05) is 19.1 Å². The summed E-state index contributed by atoms with van der Waals surface area (Å²) < 4.78 is 11.2. The molecule has 2 aliphatic rings. The largest absolute Gasteiger partial charge is 0.433 e. The quantitative estimate of drug-likeness (QED) is 0.494. The summed E-state index contributed by atoms with van der Waals surface area (Å²) in [4.78, 5) is 2.60. The average Bonchev–Trinajstić information content (AvgIpc) is 2.55. The molecule has 0 aromatic heterocycles. The lowest BCUT2D eigenvalue weighted by atomic mass is 10.0. The molecule has 1 fully saturated rings. The van der Waals surface area contributed by atoms with E-state index in [1.807, 2.05) is 23.0 Å². The maximum atomic E-state index is 5.97. The molecule has 1 aliphatic carbocycles. The Kier molecular flexibility index (Phi) is 8.36. The molecular weight excluding hydrogens is 379 g/mol. The van der Waals surface area contributed by atoms with Crippen LogP contribution in [0.1, 0.15) is 44.9 Å². The molecule has 0 amide bonds. The molecule has 21 heavy (non-hydrogen) atoms. The Morgan fingerprint density at radius 3 is 2.71 bits per heavy atom. The summed E-state index contributed by atoms with van der Waals surface area (Å²) in [5.41, 5.74) is 0. The van der Waals surface area contributed by atoms with Crippen molar-refractivity contribution in [2.24, 2.45) is 0 Å². The van der Waals surface area contributed by atoms with Crippen molar-refractivity contribution in [1.29, 1.82) is 0 Å². The number of hydrogen-bond donors (Lipinski definition) is 1. The third-order valence-electron chi connectivity index (χ3n) is 4.64. The monoisotopic (exact) mass is 408 g/mol. The maximum Gasteiger partial charge on any atom is 0.192 e. The fraction of sp³-hybridized carbons (Fsp3) is 0.875. The molecule has 1 atom stereocenters. The highest BCUT2D eigenvalue weighted by Gasteiger charge is 2.17. The molecule has 0 saturated carbocycles. The van der Waals surface area contributed by atoms with E-state index in [0.29, 0.717) is 6.10 Å². The second kappa shape index (κ2) is 10.0. The molecule has 1 unspecified atom stereocenters. The topological polar surface area (TPSA) is 33.7 Å². The zero-order chi connectivity index (χ0) is 14.9. The Morgan fingerprint density at radius 2 is 2.10 bits per heavy atom. The third kappa shape index (κ3) is 6.42. The number of nitrogens with zero attached hydrogens (tertiary/aromatic N) is 1. The van der Waals surface area contributed by atoms with Crippen LogP contribution in [0.4, 0.5) is 0 Å². The van der Waals surface area contributed by atoms with Crippen LogP contribution < -0.4 is 5.32 Å². The molecular formula is C16H29IN2O2. The molecule has 122 valence electrons. The maximum absolute atomic E-state index is 5.97. The van der Waals surface area contributed by atoms with Crippen molar-refractivity contribution < 1.29 is 7.80 Å². The molecule has 1 heterocycles. The lowest BCUT2D eigenvalue weighted by Gasteiger charge is -2.31. The van der Waals surface area contributed by atoms with E-state index in [2.05, 4.69) is 23.3 Å². The predicted molar refractivity (Wildman–Crippen MR) is 94.5 cm³/mol. The van der Waals surface area contributed by atoms with Crippen molar-refractivity contribution in [3.05, 3.63) is 11.8 Å². The first-order chi connectivity index (χ1) is 10.3. The van der Waals surface area contributed by atoms with Gasteiger partial charge in [-0.05, 0) is 71.3 Å². The molecule has 2 rings (SSSR count). The molecule has 4 nitrogen and oxygen atoms in total. The van der Waals surface area contributed by atoms with Gasteiger partial charge in [-0.1, -0.05) is 0 Å². The van der Waals surface area contributed by atoms with E-state index in [0.717, 1.165) is 37.7 Å². The van der Waals surface area contributed by atoms with Gasteiger partial charge >= 0.3 is 0 Å². The third-order valence-corrected chi connectivity index (χ3v) is 5.20. The summed E-state index contributed by atoms with van der Waals surface area (Å²) in [6.45, 7) is 4.64. The highest BCUT2D eigenvalue weighted by Crippen LogP contribution is 2.23. The van der Waals surface area contributed by atoms with Crippen LogP contribution >= 0.6 is 23.0 Å². The Labute approximate surface area is 143 Å². The van der Waals surface area contributed by atoms with Gasteiger partial charge in [-0.25, -0.2) is 0 Å². The zero-order valence-electron chi connectivity index (χ0n) is 13.2. The molecule has 5 heteroatoms. The lowest BCUT2D eigenvalue weighted by molar-refractivity contribution is 0.0404. The van der Waals surface area contributed by atoms with Crippen molar-refractivity contribution in [2.45, 2.75) is 57.1 Å². The zero-order valence-corrected chi connectivity index (χ0v) is 15.3. The number of nitrogens with one attached hydrogen (secondary N) is 1. The van der Waals surface area contributed by atoms with Gasteiger partial charge in [0.25, 0.3) is 0 Å². The molecule has 0 bridgehead atoms. The van der Waals surface area contributed by atoms with E-state index in [1.54, 1.807) is 0 Å². The Balaban J connectivity index is 1.47. The van der Waals surface area contributed by atoms with Gasteiger partial charge in [-0.3, -0.25) is 0 Å². The molecule has 1 saturated heterocycles. The van der Waals surface area contributed by atoms with Crippen LogP contribution in [-0.2, 0) is 7.80 Å². The highest BCUT2D eigenvalue weighted by atomic mass is 127. The van der Waals surface area contributed by atoms with Crippen LogP contribution in [0.15, 0.2) is 11.8 Å². The van der Waals surface area contributed by atoms with E-state index < -0.39 is 0 Å². The summed E-state index contributed by atoms with van der Waals surface area (Å²) in [5, 5.41) is 3.38. The molecule has 1 aliphatic heterocycles. The van der Waals surface area contributed by atoms with Crippen molar-refractivity contribution in [3.8, 4) is 0 Å². The van der Waals surface area contributed by atoms with Gasteiger partial charge < -0.3 is 18.0 Å². The van der Waals surface area contributed by atoms with Crippen LogP contribution in [0.3, 0.4) is 0 Å². The van der Waals surface area contributed by atoms with E-state index in [4.69, 9.17) is 7.80 Å². The molecule has 0 aromatic rings. The fourth-order valence-corrected chi connectivity index (χ4v) is 3.54. The first kappa shape index (κ1) is 17.5. The fourth-order valence-electron chi connectivity index (χ4n) is 3.14. The van der Waals surface area contributed by atoms with Gasteiger partial charge in [0.2, 0.25) is 0 Å². The van der Waals surface area contributed by atoms with Crippen molar-refractivity contribution in [1.82, 2.24) is 10.2 Å². The number of halogens is 1. The van der Waals surface area contributed by atoms with E-state index >= 15 is 0 Å². The second-order valence-corrected chi connectivity index (χ2v) is 6.57. The predicted octanol–water partition coefficient (Wildman–Crippen LogP) is 3.27. The minimum atomic E-state index is 0.409. The number of hydrogen-bond acceptors (Lipinski definition) is 4. The van der Waals surface area contributed by atoms with Crippen LogP contribution in [0, 0.1) is 0 Å². The SMILES string of the molecule is CNC1CCN(CCCCOC2CC=C(OI)CC2)CC1. The van der Waals surface area contributed by atoms with Gasteiger partial charge in [0.1, 0.15) is 5.76 Å². The van der Waals surface area contributed by atoms with Crippen molar-refractivity contribution in [3.63, 3.8) is 0 Å². The number of unbranched alkanes of at least 4 members (excludes halogenated alkanes) is 1. The first-order valence-electron chi connectivity index (χ1n) is 8.30.